The molecule has 4 rings (SSSR count). The number of piperazine rings is 1. The molecule has 170 valence electrons. The third-order valence-electron chi connectivity index (χ3n) is 6.22. The van der Waals surface area contributed by atoms with Gasteiger partial charge in [-0.3, -0.25) is 10.1 Å². The van der Waals surface area contributed by atoms with E-state index in [1.165, 1.54) is 5.56 Å². The van der Waals surface area contributed by atoms with Crippen LogP contribution in [0.15, 0.2) is 48.5 Å². The number of anilines is 1. The van der Waals surface area contributed by atoms with Gasteiger partial charge in [-0.2, -0.15) is 13.2 Å². The molecule has 2 aliphatic rings. The van der Waals surface area contributed by atoms with Crippen LogP contribution >= 0.6 is 0 Å². The fourth-order valence-electron chi connectivity index (χ4n) is 4.13. The highest BCUT2D eigenvalue weighted by atomic mass is 19.4. The molecule has 0 spiro atoms. The molecule has 2 fully saturated rings. The molecule has 1 aliphatic heterocycles. The Morgan fingerprint density at radius 3 is 2.28 bits per heavy atom. The van der Waals surface area contributed by atoms with Crippen molar-refractivity contribution in [2.24, 2.45) is 0 Å². The minimum Gasteiger partial charge on any atom is -0.362 e. The molecule has 10 heteroatoms. The van der Waals surface area contributed by atoms with Crippen molar-refractivity contribution in [3.8, 4) is 0 Å². The van der Waals surface area contributed by atoms with E-state index in [2.05, 4.69) is 17.4 Å². The zero-order chi connectivity index (χ0) is 22.9. The molecule has 1 aliphatic carbocycles. The molecular weight excluding hydrogens is 425 g/mol. The monoisotopic (exact) mass is 448 g/mol. The summed E-state index contributed by atoms with van der Waals surface area (Å²) >= 11 is 0. The minimum absolute atomic E-state index is 0.0143. The lowest BCUT2D eigenvalue weighted by Gasteiger charge is -2.36. The number of halogens is 3. The smallest absolute Gasteiger partial charge is 0.362 e. The van der Waals surface area contributed by atoms with Crippen LogP contribution in [-0.4, -0.2) is 48.6 Å². The molecule has 1 N–H and O–H groups in total. The molecule has 2 amide bonds. The zero-order valence-electron chi connectivity index (χ0n) is 17.3. The number of rotatable bonds is 5. The molecule has 1 saturated carbocycles. The number of benzene rings is 2. The van der Waals surface area contributed by atoms with Gasteiger partial charge in [0.2, 0.25) is 0 Å². The van der Waals surface area contributed by atoms with E-state index in [4.69, 9.17) is 0 Å². The summed E-state index contributed by atoms with van der Waals surface area (Å²) in [6.45, 7) is 1.78. The van der Waals surface area contributed by atoms with Crippen molar-refractivity contribution in [2.75, 3.05) is 37.6 Å². The lowest BCUT2D eigenvalue weighted by Crippen LogP contribution is -2.52. The van der Waals surface area contributed by atoms with Gasteiger partial charge in [-0.25, -0.2) is 4.79 Å². The summed E-state index contributed by atoms with van der Waals surface area (Å²) < 4.78 is 38.8. The Labute approximate surface area is 183 Å². The Hall–Kier alpha value is -3.30. The summed E-state index contributed by atoms with van der Waals surface area (Å²) in [4.78, 5) is 26.5. The Balaban J connectivity index is 1.36. The molecule has 0 unspecified atom stereocenters. The normalized spacial score (nSPS) is 17.7. The minimum atomic E-state index is -4.65. The van der Waals surface area contributed by atoms with Crippen molar-refractivity contribution >= 4 is 17.4 Å². The van der Waals surface area contributed by atoms with Gasteiger partial charge in [-0.05, 0) is 30.5 Å². The molecule has 7 nitrogen and oxygen atoms in total. The first kappa shape index (κ1) is 21.9. The van der Waals surface area contributed by atoms with Gasteiger partial charge in [-0.15, -0.1) is 0 Å². The first-order valence-electron chi connectivity index (χ1n) is 10.4. The van der Waals surface area contributed by atoms with E-state index in [1.54, 1.807) is 9.80 Å². The fraction of sp³-hybridized carbons (Fsp3) is 0.409. The molecule has 2 aromatic rings. The van der Waals surface area contributed by atoms with Crippen molar-refractivity contribution in [1.82, 2.24) is 10.2 Å². The van der Waals surface area contributed by atoms with Crippen LogP contribution in [0.2, 0.25) is 0 Å². The van der Waals surface area contributed by atoms with E-state index in [9.17, 15) is 28.1 Å². The van der Waals surface area contributed by atoms with Gasteiger partial charge in [0.25, 0.3) is 5.69 Å². The van der Waals surface area contributed by atoms with Gasteiger partial charge in [0.15, 0.2) is 0 Å². The maximum absolute atomic E-state index is 12.9. The first-order chi connectivity index (χ1) is 15.2. The topological polar surface area (TPSA) is 78.7 Å². The second-order valence-corrected chi connectivity index (χ2v) is 8.24. The molecular formula is C22H23F3N4O3. The maximum atomic E-state index is 12.9. The second-order valence-electron chi connectivity index (χ2n) is 8.24. The number of nitrogens with one attached hydrogen (secondary N) is 1. The van der Waals surface area contributed by atoms with Gasteiger partial charge in [-0.1, -0.05) is 30.3 Å². The van der Waals surface area contributed by atoms with E-state index in [0.717, 1.165) is 25.0 Å². The van der Waals surface area contributed by atoms with Crippen molar-refractivity contribution in [1.29, 1.82) is 0 Å². The number of hydrogen-bond acceptors (Lipinski definition) is 4. The van der Waals surface area contributed by atoms with Crippen LogP contribution in [0.5, 0.6) is 0 Å². The quantitative estimate of drug-likeness (QED) is 0.550. The Morgan fingerprint density at radius 1 is 1.06 bits per heavy atom. The SMILES string of the molecule is O=C(NCC1(c2ccccc2)CC1)N1CCN(c2ccc(C(F)(F)F)cc2[N+](=O)[O-])CC1. The molecule has 32 heavy (non-hydrogen) atoms. The lowest BCUT2D eigenvalue weighted by atomic mass is 9.96. The number of nitrogens with zero attached hydrogens (tertiary/aromatic N) is 3. The number of amides is 2. The average molecular weight is 448 g/mol. The zero-order valence-corrected chi connectivity index (χ0v) is 17.3. The number of alkyl halides is 3. The summed E-state index contributed by atoms with van der Waals surface area (Å²) in [5, 5.41) is 14.4. The van der Waals surface area contributed by atoms with Gasteiger partial charge in [0, 0.05) is 44.2 Å². The van der Waals surface area contributed by atoms with Gasteiger partial charge >= 0.3 is 12.2 Å². The van der Waals surface area contributed by atoms with Crippen LogP contribution in [0.1, 0.15) is 24.0 Å². The number of carbonyl (C=O) groups is 1. The van der Waals surface area contributed by atoms with Crippen LogP contribution in [0.4, 0.5) is 29.3 Å². The summed E-state index contributed by atoms with van der Waals surface area (Å²) in [5.41, 5.74) is -0.321. The summed E-state index contributed by atoms with van der Waals surface area (Å²) in [7, 11) is 0. The van der Waals surface area contributed by atoms with E-state index in [-0.39, 0.29) is 17.1 Å². The van der Waals surface area contributed by atoms with E-state index in [1.807, 2.05) is 18.2 Å². The lowest BCUT2D eigenvalue weighted by molar-refractivity contribution is -0.384. The Morgan fingerprint density at radius 2 is 1.72 bits per heavy atom. The number of nitro groups is 1. The van der Waals surface area contributed by atoms with Crippen molar-refractivity contribution in [2.45, 2.75) is 24.4 Å². The summed E-state index contributed by atoms with van der Waals surface area (Å²) in [6.07, 6.45) is -2.62. The highest BCUT2D eigenvalue weighted by Crippen LogP contribution is 2.47. The third-order valence-corrected chi connectivity index (χ3v) is 6.22. The van der Waals surface area contributed by atoms with E-state index < -0.39 is 22.4 Å². The van der Waals surface area contributed by atoms with Crippen molar-refractivity contribution < 1.29 is 22.9 Å². The van der Waals surface area contributed by atoms with Crippen LogP contribution in [0.3, 0.4) is 0 Å². The predicted molar refractivity (Wildman–Crippen MR) is 113 cm³/mol. The Bertz CT molecular complexity index is 1000. The van der Waals surface area contributed by atoms with Crippen LogP contribution in [0.25, 0.3) is 0 Å². The molecule has 0 bridgehead atoms. The molecule has 0 radical (unpaired) electrons. The van der Waals surface area contributed by atoms with Crippen molar-refractivity contribution in [3.05, 3.63) is 69.8 Å². The molecule has 0 atom stereocenters. The number of nitro benzene ring substituents is 1. The molecule has 2 aromatic carbocycles. The molecule has 1 saturated heterocycles. The first-order valence-corrected chi connectivity index (χ1v) is 10.4. The Kier molecular flexibility index (Phi) is 5.70. The highest BCUT2D eigenvalue weighted by molar-refractivity contribution is 5.75. The van der Waals surface area contributed by atoms with Crippen LogP contribution in [-0.2, 0) is 11.6 Å². The summed E-state index contributed by atoms with van der Waals surface area (Å²) in [6, 6.07) is 12.4. The fourth-order valence-corrected chi connectivity index (χ4v) is 4.13. The highest BCUT2D eigenvalue weighted by Gasteiger charge is 2.44. The number of hydrogen-bond donors (Lipinski definition) is 1. The van der Waals surface area contributed by atoms with E-state index in [0.29, 0.717) is 38.8 Å². The van der Waals surface area contributed by atoms with Gasteiger partial charge in [0.05, 0.1) is 10.5 Å². The second kappa shape index (κ2) is 8.33. The standard InChI is InChI=1S/C22H23F3N4O3/c23-22(24,25)17-6-7-18(19(14-17)29(31)32)27-10-12-28(13-11-27)20(30)26-15-21(8-9-21)16-4-2-1-3-5-16/h1-7,14H,8-13,15H2,(H,26,30). The van der Waals surface area contributed by atoms with Crippen LogP contribution < -0.4 is 10.2 Å². The number of urea groups is 1. The third kappa shape index (κ3) is 4.49. The molecule has 1 heterocycles. The largest absolute Gasteiger partial charge is 0.416 e. The van der Waals surface area contributed by atoms with Crippen molar-refractivity contribution in [3.63, 3.8) is 0 Å². The van der Waals surface area contributed by atoms with E-state index >= 15 is 0 Å². The average Bonchev–Trinajstić information content (AvgIpc) is 3.58. The number of carbonyl (C=O) groups excluding carboxylic acids is 1. The summed E-state index contributed by atoms with van der Waals surface area (Å²) in [5.74, 6) is 0. The maximum Gasteiger partial charge on any atom is 0.416 e. The molecule has 0 aromatic heterocycles. The van der Waals surface area contributed by atoms with Crippen LogP contribution in [0, 0.1) is 10.1 Å². The van der Waals surface area contributed by atoms with Gasteiger partial charge < -0.3 is 15.1 Å². The van der Waals surface area contributed by atoms with Gasteiger partial charge in [0.1, 0.15) is 5.69 Å². The predicted octanol–water partition coefficient (Wildman–Crippen LogP) is 4.18.